The van der Waals surface area contributed by atoms with Gasteiger partial charge in [0.25, 0.3) is 0 Å². The van der Waals surface area contributed by atoms with Crippen LogP contribution >= 0.6 is 40.1 Å². The number of halogens is 2. The summed E-state index contributed by atoms with van der Waals surface area (Å²) in [5, 5.41) is 3.40. The lowest BCUT2D eigenvalue weighted by molar-refractivity contribution is 0.408. The van der Waals surface area contributed by atoms with Crippen LogP contribution in [0.3, 0.4) is 0 Å². The third-order valence-corrected chi connectivity index (χ3v) is 4.53. The molecule has 0 bridgehead atoms. The fourth-order valence-corrected chi connectivity index (χ4v) is 3.15. The molecule has 1 aliphatic rings. The van der Waals surface area contributed by atoms with E-state index in [9.17, 15) is 0 Å². The van der Waals surface area contributed by atoms with Crippen molar-refractivity contribution < 1.29 is 0 Å². The van der Waals surface area contributed by atoms with E-state index in [1.165, 1.54) is 36.6 Å². The lowest BCUT2D eigenvalue weighted by Crippen LogP contribution is -2.28. The smallest absolute Gasteiger partial charge is 0.0176 e. The first kappa shape index (κ1) is 14.4. The van der Waals surface area contributed by atoms with E-state index >= 15 is 0 Å². The molecule has 1 aliphatic heterocycles. The number of thioether (sulfide) groups is 1. The van der Waals surface area contributed by atoms with E-state index in [4.69, 9.17) is 0 Å². The van der Waals surface area contributed by atoms with Crippen molar-refractivity contribution in [1.29, 1.82) is 0 Å². The van der Waals surface area contributed by atoms with Crippen LogP contribution in [0.5, 0.6) is 0 Å². The predicted octanol–water partition coefficient (Wildman–Crippen LogP) is 3.96. The second-order valence-electron chi connectivity index (χ2n) is 3.96. The van der Waals surface area contributed by atoms with Gasteiger partial charge in [-0.1, -0.05) is 15.9 Å². The van der Waals surface area contributed by atoms with Crippen molar-refractivity contribution in [2.24, 2.45) is 5.92 Å². The second kappa shape index (κ2) is 7.59. The van der Waals surface area contributed by atoms with Crippen molar-refractivity contribution in [3.63, 3.8) is 0 Å². The molecule has 90 valence electrons. The Bertz CT molecular complexity index is 298. The van der Waals surface area contributed by atoms with Gasteiger partial charge in [0.1, 0.15) is 0 Å². The number of piperidine rings is 1. The molecule has 0 radical (unpaired) electrons. The first-order valence-electron chi connectivity index (χ1n) is 5.44. The van der Waals surface area contributed by atoms with E-state index in [1.807, 2.05) is 11.8 Å². The summed E-state index contributed by atoms with van der Waals surface area (Å²) in [5.74, 6) is 2.17. The Labute approximate surface area is 116 Å². The SMILES string of the molecule is Brc1ccc(SCC2CCNCC2)cc1.Cl. The number of benzene rings is 1. The number of rotatable bonds is 3. The van der Waals surface area contributed by atoms with E-state index in [1.54, 1.807) is 0 Å². The zero-order valence-electron chi connectivity index (χ0n) is 9.12. The van der Waals surface area contributed by atoms with Crippen molar-refractivity contribution in [3.8, 4) is 0 Å². The molecule has 0 amide bonds. The van der Waals surface area contributed by atoms with Gasteiger partial charge in [-0.3, -0.25) is 0 Å². The maximum atomic E-state index is 3.46. The highest BCUT2D eigenvalue weighted by atomic mass is 79.9. The molecule has 0 aliphatic carbocycles. The summed E-state index contributed by atoms with van der Waals surface area (Å²) in [7, 11) is 0. The molecular formula is C12H17BrClNS. The number of nitrogens with one attached hydrogen (secondary N) is 1. The Hall–Kier alpha value is 0.300. The summed E-state index contributed by atoms with van der Waals surface area (Å²) >= 11 is 5.44. The Morgan fingerprint density at radius 1 is 1.19 bits per heavy atom. The first-order valence-corrected chi connectivity index (χ1v) is 7.21. The van der Waals surface area contributed by atoms with E-state index in [0.717, 1.165) is 10.4 Å². The third-order valence-electron chi connectivity index (χ3n) is 2.76. The molecule has 1 saturated heterocycles. The number of hydrogen-bond donors (Lipinski definition) is 1. The fraction of sp³-hybridized carbons (Fsp3) is 0.500. The first-order chi connectivity index (χ1) is 7.34. The van der Waals surface area contributed by atoms with Gasteiger partial charge in [0.2, 0.25) is 0 Å². The second-order valence-corrected chi connectivity index (χ2v) is 5.97. The van der Waals surface area contributed by atoms with Crippen molar-refractivity contribution in [3.05, 3.63) is 28.7 Å². The maximum absolute atomic E-state index is 3.46. The highest BCUT2D eigenvalue weighted by molar-refractivity contribution is 9.10. The zero-order chi connectivity index (χ0) is 10.5. The average Bonchev–Trinajstić information content (AvgIpc) is 2.30. The zero-order valence-corrected chi connectivity index (χ0v) is 12.3. The molecule has 4 heteroatoms. The topological polar surface area (TPSA) is 12.0 Å². The van der Waals surface area contributed by atoms with E-state index in [0.29, 0.717) is 0 Å². The Balaban J connectivity index is 0.00000128. The van der Waals surface area contributed by atoms with Gasteiger partial charge in [-0.25, -0.2) is 0 Å². The molecule has 1 heterocycles. The molecule has 2 rings (SSSR count). The minimum absolute atomic E-state index is 0. The van der Waals surface area contributed by atoms with Gasteiger partial charge in [0, 0.05) is 15.1 Å². The van der Waals surface area contributed by atoms with E-state index < -0.39 is 0 Å². The predicted molar refractivity (Wildman–Crippen MR) is 77.7 cm³/mol. The van der Waals surface area contributed by atoms with Gasteiger partial charge < -0.3 is 5.32 Å². The lowest BCUT2D eigenvalue weighted by Gasteiger charge is -2.21. The van der Waals surface area contributed by atoms with Crippen LogP contribution in [0.2, 0.25) is 0 Å². The van der Waals surface area contributed by atoms with Gasteiger partial charge in [-0.2, -0.15) is 0 Å². The summed E-state index contributed by atoms with van der Waals surface area (Å²) in [5.41, 5.74) is 0. The summed E-state index contributed by atoms with van der Waals surface area (Å²) in [6, 6.07) is 8.61. The molecule has 0 aromatic heterocycles. The van der Waals surface area contributed by atoms with Gasteiger partial charge in [-0.05, 0) is 56.1 Å². The molecule has 1 aromatic carbocycles. The molecular weight excluding hydrogens is 306 g/mol. The van der Waals surface area contributed by atoms with E-state index in [2.05, 4.69) is 45.5 Å². The molecule has 1 N–H and O–H groups in total. The highest BCUT2D eigenvalue weighted by Gasteiger charge is 2.12. The van der Waals surface area contributed by atoms with Crippen molar-refractivity contribution in [1.82, 2.24) is 5.32 Å². The molecule has 1 fully saturated rings. The van der Waals surface area contributed by atoms with Crippen LogP contribution < -0.4 is 5.32 Å². The van der Waals surface area contributed by atoms with Gasteiger partial charge >= 0.3 is 0 Å². The van der Waals surface area contributed by atoms with Gasteiger partial charge in [-0.15, -0.1) is 24.2 Å². The van der Waals surface area contributed by atoms with Crippen LogP contribution in [0.15, 0.2) is 33.6 Å². The van der Waals surface area contributed by atoms with Crippen LogP contribution in [-0.4, -0.2) is 18.8 Å². The maximum Gasteiger partial charge on any atom is 0.0176 e. The highest BCUT2D eigenvalue weighted by Crippen LogP contribution is 2.25. The molecule has 1 aromatic rings. The van der Waals surface area contributed by atoms with Crippen molar-refractivity contribution in [2.45, 2.75) is 17.7 Å². The normalized spacial score (nSPS) is 16.8. The number of hydrogen-bond acceptors (Lipinski definition) is 2. The molecule has 0 atom stereocenters. The fourth-order valence-electron chi connectivity index (χ4n) is 1.79. The van der Waals surface area contributed by atoms with Gasteiger partial charge in [0.15, 0.2) is 0 Å². The van der Waals surface area contributed by atoms with Crippen LogP contribution in [0.25, 0.3) is 0 Å². The third kappa shape index (κ3) is 4.66. The molecule has 1 nitrogen and oxygen atoms in total. The molecule has 0 unspecified atom stereocenters. The molecule has 16 heavy (non-hydrogen) atoms. The van der Waals surface area contributed by atoms with Crippen LogP contribution in [-0.2, 0) is 0 Å². The summed E-state index contributed by atoms with van der Waals surface area (Å²) in [6.07, 6.45) is 2.67. The Kier molecular flexibility index (Phi) is 6.81. The summed E-state index contributed by atoms with van der Waals surface area (Å²) in [6.45, 7) is 2.40. The van der Waals surface area contributed by atoms with Crippen LogP contribution in [0, 0.1) is 5.92 Å². The lowest BCUT2D eigenvalue weighted by atomic mass is 10.0. The summed E-state index contributed by atoms with van der Waals surface area (Å²) < 4.78 is 1.16. The largest absolute Gasteiger partial charge is 0.317 e. The Morgan fingerprint density at radius 2 is 1.81 bits per heavy atom. The average molecular weight is 323 g/mol. The standard InChI is InChI=1S/C12H16BrNS.ClH/c13-11-1-3-12(4-2-11)15-9-10-5-7-14-8-6-10;/h1-4,10,14H,5-9H2;1H. The summed E-state index contributed by atoms with van der Waals surface area (Å²) in [4.78, 5) is 1.39. The minimum atomic E-state index is 0. The molecule has 0 saturated carbocycles. The van der Waals surface area contributed by atoms with E-state index in [-0.39, 0.29) is 12.4 Å². The quantitative estimate of drug-likeness (QED) is 0.845. The van der Waals surface area contributed by atoms with Crippen LogP contribution in [0.1, 0.15) is 12.8 Å². The Morgan fingerprint density at radius 3 is 2.44 bits per heavy atom. The van der Waals surface area contributed by atoms with Crippen LogP contribution in [0.4, 0.5) is 0 Å². The van der Waals surface area contributed by atoms with Crippen molar-refractivity contribution >= 4 is 40.1 Å². The monoisotopic (exact) mass is 321 g/mol. The van der Waals surface area contributed by atoms with Gasteiger partial charge in [0.05, 0.1) is 0 Å². The van der Waals surface area contributed by atoms with Crippen molar-refractivity contribution in [2.75, 3.05) is 18.8 Å². The molecule has 0 spiro atoms. The minimum Gasteiger partial charge on any atom is -0.317 e.